The van der Waals surface area contributed by atoms with Crippen LogP contribution in [-0.2, 0) is 0 Å². The quantitative estimate of drug-likeness (QED) is 0.278. The monoisotopic (exact) mass is 492 g/mol. The molecular weight excluding hydrogens is 460 g/mol. The average Bonchev–Trinajstić information content (AvgIpc) is 2.86. The first kappa shape index (κ1) is 24.9. The van der Waals surface area contributed by atoms with E-state index in [9.17, 15) is 10.1 Å². The summed E-state index contributed by atoms with van der Waals surface area (Å²) >= 11 is 1.43. The number of carbonyl (C=O) groups is 1. The fourth-order valence-corrected chi connectivity index (χ4v) is 4.90. The molecule has 0 radical (unpaired) electrons. The van der Waals surface area contributed by atoms with Gasteiger partial charge in [-0.1, -0.05) is 31.0 Å². The standard InChI is InChI=1S/C26H32N6O2S/c1-26-9-3-2-4-12-28-24-19(18-27)5-8-23(29-24)30-25(34)21-7-6-20(31-35-16-15-33)17-22(21)32(13-10-26)14-11-26/h2-3,5-8,17,31,33H,4,9-16H2,1H3,(H2,28,29,30,34)/b3-2+. The maximum atomic E-state index is 13.4. The van der Waals surface area contributed by atoms with Gasteiger partial charge in [-0.2, -0.15) is 5.26 Å². The second kappa shape index (κ2) is 11.5. The van der Waals surface area contributed by atoms with Crippen molar-refractivity contribution in [3.8, 4) is 6.07 Å². The van der Waals surface area contributed by atoms with Gasteiger partial charge in [0.15, 0.2) is 0 Å². The van der Waals surface area contributed by atoms with E-state index in [-0.39, 0.29) is 17.9 Å². The highest BCUT2D eigenvalue weighted by Crippen LogP contribution is 2.38. The Labute approximate surface area is 210 Å². The number of aliphatic hydroxyl groups is 1. The lowest BCUT2D eigenvalue weighted by atomic mass is 9.77. The van der Waals surface area contributed by atoms with Crippen LogP contribution in [0.2, 0.25) is 0 Å². The molecule has 0 unspecified atom stereocenters. The number of nitrogens with one attached hydrogen (secondary N) is 3. The third kappa shape index (κ3) is 6.27. The number of rotatable bonds is 4. The normalized spacial score (nSPS) is 18.4. The minimum atomic E-state index is -0.239. The molecule has 1 fully saturated rings. The lowest BCUT2D eigenvalue weighted by Gasteiger charge is -2.40. The second-order valence-corrected chi connectivity index (χ2v) is 10.2. The first-order chi connectivity index (χ1) is 17.0. The number of aromatic nitrogens is 1. The Hall–Kier alpha value is -3.22. The predicted octanol–water partition coefficient (Wildman–Crippen LogP) is 4.63. The van der Waals surface area contributed by atoms with Crippen LogP contribution in [0.1, 0.15) is 48.5 Å². The number of nitrogens with zero attached hydrogens (tertiary/aromatic N) is 3. The van der Waals surface area contributed by atoms with E-state index in [2.05, 4.69) is 50.4 Å². The van der Waals surface area contributed by atoms with E-state index < -0.39 is 0 Å². The minimum absolute atomic E-state index is 0.0958. The third-order valence-electron chi connectivity index (χ3n) is 6.58. The van der Waals surface area contributed by atoms with E-state index in [4.69, 9.17) is 5.11 Å². The molecule has 4 bridgehead atoms. The van der Waals surface area contributed by atoms with E-state index in [0.717, 1.165) is 50.1 Å². The van der Waals surface area contributed by atoms with Gasteiger partial charge in [0.25, 0.3) is 5.91 Å². The van der Waals surface area contributed by atoms with Crippen molar-refractivity contribution in [3.63, 3.8) is 0 Å². The molecular formula is C26H32N6O2S. The summed E-state index contributed by atoms with van der Waals surface area (Å²) < 4.78 is 3.26. The molecule has 35 heavy (non-hydrogen) atoms. The van der Waals surface area contributed by atoms with Crippen LogP contribution in [-0.4, -0.2) is 48.0 Å². The Morgan fingerprint density at radius 3 is 2.86 bits per heavy atom. The Kier molecular flexibility index (Phi) is 8.16. The van der Waals surface area contributed by atoms with Gasteiger partial charge in [0.05, 0.1) is 23.4 Å². The van der Waals surface area contributed by atoms with Crippen molar-refractivity contribution in [3.05, 3.63) is 53.6 Å². The molecule has 0 spiro atoms. The molecule has 1 saturated heterocycles. The zero-order valence-corrected chi connectivity index (χ0v) is 20.8. The molecule has 1 aromatic heterocycles. The highest BCUT2D eigenvalue weighted by Gasteiger charge is 2.30. The summed E-state index contributed by atoms with van der Waals surface area (Å²) in [6, 6.07) is 11.2. The van der Waals surface area contributed by atoms with Crippen LogP contribution in [0, 0.1) is 16.7 Å². The molecule has 184 valence electrons. The number of allylic oxidation sites excluding steroid dienone is 1. The third-order valence-corrected chi connectivity index (χ3v) is 7.34. The Morgan fingerprint density at radius 2 is 2.09 bits per heavy atom. The first-order valence-electron chi connectivity index (χ1n) is 12.0. The summed E-state index contributed by atoms with van der Waals surface area (Å²) in [6.07, 6.45) is 8.40. The molecule has 3 aliphatic rings. The van der Waals surface area contributed by atoms with Gasteiger partial charge in [0.1, 0.15) is 17.7 Å². The van der Waals surface area contributed by atoms with Crippen LogP contribution < -0.4 is 20.3 Å². The maximum Gasteiger partial charge on any atom is 0.258 e. The molecule has 0 atom stereocenters. The fraction of sp³-hybridized carbons (Fsp3) is 0.423. The van der Waals surface area contributed by atoms with Gasteiger partial charge in [-0.25, -0.2) is 4.98 Å². The molecule has 3 aliphatic heterocycles. The summed E-state index contributed by atoms with van der Waals surface area (Å²) in [6.45, 7) is 4.84. The van der Waals surface area contributed by atoms with E-state index in [0.29, 0.717) is 35.1 Å². The molecule has 8 nitrogen and oxygen atoms in total. The van der Waals surface area contributed by atoms with Crippen molar-refractivity contribution >= 4 is 40.9 Å². The van der Waals surface area contributed by atoms with Crippen molar-refractivity contribution in [2.45, 2.75) is 32.6 Å². The number of aliphatic hydroxyl groups excluding tert-OH is 1. The van der Waals surface area contributed by atoms with Gasteiger partial charge in [-0.3, -0.25) is 4.79 Å². The molecule has 4 heterocycles. The number of fused-ring (bicyclic) bond motifs is 7. The SMILES string of the molecule is CC12C/C=C/CCNc3nc(ccc3C#N)NC(=O)c3ccc(NSCCO)cc3N(CC1)CC2. The Morgan fingerprint density at radius 1 is 1.26 bits per heavy atom. The number of amides is 1. The highest BCUT2D eigenvalue weighted by atomic mass is 32.2. The number of nitriles is 1. The molecule has 4 N–H and O–H groups in total. The van der Waals surface area contributed by atoms with Gasteiger partial charge in [-0.15, -0.1) is 0 Å². The summed E-state index contributed by atoms with van der Waals surface area (Å²) in [4.78, 5) is 20.2. The molecule has 5 rings (SSSR count). The maximum absolute atomic E-state index is 13.4. The number of carbonyl (C=O) groups excluding carboxylic acids is 1. The van der Waals surface area contributed by atoms with Crippen molar-refractivity contribution in [2.24, 2.45) is 5.41 Å². The summed E-state index contributed by atoms with van der Waals surface area (Å²) in [5.41, 5.74) is 3.02. The van der Waals surface area contributed by atoms with Crippen molar-refractivity contribution in [1.29, 1.82) is 5.26 Å². The molecule has 2 aromatic rings. The number of hydrogen-bond acceptors (Lipinski definition) is 8. The molecule has 9 heteroatoms. The lowest BCUT2D eigenvalue weighted by molar-refractivity contribution is 0.102. The number of hydrogen-bond donors (Lipinski definition) is 4. The van der Waals surface area contributed by atoms with Gasteiger partial charge in [0, 0.05) is 31.1 Å². The number of anilines is 4. The second-order valence-electron chi connectivity index (χ2n) is 9.25. The van der Waals surface area contributed by atoms with Crippen molar-refractivity contribution in [1.82, 2.24) is 4.98 Å². The summed E-state index contributed by atoms with van der Waals surface area (Å²) in [7, 11) is 0. The van der Waals surface area contributed by atoms with Crippen molar-refractivity contribution < 1.29 is 9.90 Å². The predicted molar refractivity (Wildman–Crippen MR) is 143 cm³/mol. The molecule has 0 saturated carbocycles. The Balaban J connectivity index is 1.68. The first-order valence-corrected chi connectivity index (χ1v) is 13.0. The largest absolute Gasteiger partial charge is 0.395 e. The van der Waals surface area contributed by atoms with Gasteiger partial charge < -0.3 is 25.4 Å². The summed E-state index contributed by atoms with van der Waals surface area (Å²) in [5, 5.41) is 24.7. The number of pyridine rings is 1. The molecule has 1 aromatic carbocycles. The van der Waals surface area contributed by atoms with Gasteiger partial charge in [-0.05, 0) is 61.4 Å². The van der Waals surface area contributed by atoms with Crippen LogP contribution in [0.4, 0.5) is 23.0 Å². The van der Waals surface area contributed by atoms with E-state index >= 15 is 0 Å². The smallest absolute Gasteiger partial charge is 0.258 e. The number of benzene rings is 1. The van der Waals surface area contributed by atoms with Crippen LogP contribution in [0.5, 0.6) is 0 Å². The average molecular weight is 493 g/mol. The summed E-state index contributed by atoms with van der Waals surface area (Å²) in [5.74, 6) is 1.21. The van der Waals surface area contributed by atoms with Crippen LogP contribution in [0.3, 0.4) is 0 Å². The Bertz CT molecular complexity index is 1120. The zero-order valence-electron chi connectivity index (χ0n) is 20.0. The van der Waals surface area contributed by atoms with E-state index in [1.807, 2.05) is 18.2 Å². The van der Waals surface area contributed by atoms with Gasteiger partial charge in [0.2, 0.25) is 0 Å². The molecule has 0 aliphatic carbocycles. The van der Waals surface area contributed by atoms with E-state index in [1.54, 1.807) is 12.1 Å². The minimum Gasteiger partial charge on any atom is -0.395 e. The zero-order chi connectivity index (χ0) is 24.7. The van der Waals surface area contributed by atoms with E-state index in [1.165, 1.54) is 11.9 Å². The van der Waals surface area contributed by atoms with Crippen LogP contribution in [0.15, 0.2) is 42.5 Å². The van der Waals surface area contributed by atoms with Gasteiger partial charge >= 0.3 is 0 Å². The highest BCUT2D eigenvalue weighted by molar-refractivity contribution is 8.00. The lowest BCUT2D eigenvalue weighted by Crippen LogP contribution is -2.39. The van der Waals surface area contributed by atoms with Crippen molar-refractivity contribution in [2.75, 3.05) is 52.2 Å². The van der Waals surface area contributed by atoms with Crippen LogP contribution >= 0.6 is 11.9 Å². The molecule has 1 amide bonds. The number of piperidine rings is 1. The fourth-order valence-electron chi connectivity index (χ4n) is 4.42. The topological polar surface area (TPSA) is 113 Å². The van der Waals surface area contributed by atoms with Crippen LogP contribution in [0.25, 0.3) is 0 Å².